The highest BCUT2D eigenvalue weighted by atomic mass is 32.2. The lowest BCUT2D eigenvalue weighted by molar-refractivity contribution is 0.0952. The van der Waals surface area contributed by atoms with Gasteiger partial charge in [0.25, 0.3) is 5.91 Å². The van der Waals surface area contributed by atoms with Crippen molar-refractivity contribution in [3.63, 3.8) is 0 Å². The summed E-state index contributed by atoms with van der Waals surface area (Å²) >= 11 is 2.70. The number of aromatic nitrogens is 2. The zero-order valence-corrected chi connectivity index (χ0v) is 24.2. The third-order valence-electron chi connectivity index (χ3n) is 5.53. The number of pyridine rings is 1. The SMILES string of the molecule is CCCCO.CNCO.Cc1c(-c2ccsc2)nc2c(C(=O)NCc3ccc(/C(N)=C/SN)cc3)cccn12. The van der Waals surface area contributed by atoms with Crippen LogP contribution in [0, 0.1) is 6.92 Å². The van der Waals surface area contributed by atoms with Crippen LogP contribution in [0.5, 0.6) is 0 Å². The number of hydrogen-bond acceptors (Lipinski definition) is 9. The van der Waals surface area contributed by atoms with Crippen LogP contribution in [0.3, 0.4) is 0 Å². The lowest BCUT2D eigenvalue weighted by Gasteiger charge is -2.08. The lowest BCUT2D eigenvalue weighted by atomic mass is 10.1. The number of aliphatic hydroxyl groups is 2. The van der Waals surface area contributed by atoms with Crippen molar-refractivity contribution in [2.24, 2.45) is 10.9 Å². The fourth-order valence-corrected chi connectivity index (χ4v) is 4.35. The monoisotopic (exact) mass is 570 g/mol. The van der Waals surface area contributed by atoms with Gasteiger partial charge in [-0.3, -0.25) is 15.3 Å². The van der Waals surface area contributed by atoms with Crippen LogP contribution in [0.4, 0.5) is 0 Å². The summed E-state index contributed by atoms with van der Waals surface area (Å²) in [6.45, 7) is 4.89. The number of carbonyl (C=O) groups is 1. The third kappa shape index (κ3) is 9.50. The van der Waals surface area contributed by atoms with Gasteiger partial charge < -0.3 is 25.7 Å². The zero-order valence-electron chi connectivity index (χ0n) is 22.6. The van der Waals surface area contributed by atoms with E-state index in [-0.39, 0.29) is 12.6 Å². The maximum Gasteiger partial charge on any atom is 0.255 e. The van der Waals surface area contributed by atoms with Crippen LogP contribution in [-0.2, 0) is 6.54 Å². The van der Waals surface area contributed by atoms with Gasteiger partial charge in [-0.25, -0.2) is 4.98 Å². The van der Waals surface area contributed by atoms with Crippen LogP contribution in [0.2, 0.25) is 0 Å². The summed E-state index contributed by atoms with van der Waals surface area (Å²) in [5.41, 5.74) is 12.6. The summed E-state index contributed by atoms with van der Waals surface area (Å²) in [6.07, 6.45) is 3.97. The van der Waals surface area contributed by atoms with E-state index in [1.807, 2.05) is 59.3 Å². The second-order valence-corrected chi connectivity index (χ2v) is 9.64. The standard InChI is InChI=1S/C22H21N5OS2.C4H10O.C2H7NO/c1-14-20(17-8-10-29-12-17)26-21-18(3-2-9-27(14)21)22(28)25-11-15-4-6-16(7-5-15)19(23)13-30-24;1-2-3-4-5;1-3-2-4/h2-10,12-13H,11,23-24H2,1H3,(H,25,28);5H,2-4H2,1H3;3-4H,2H2,1H3/b19-13-;;. The molecule has 0 unspecified atom stereocenters. The van der Waals surface area contributed by atoms with Crippen molar-refractivity contribution in [3.05, 3.63) is 87.2 Å². The highest BCUT2D eigenvalue weighted by molar-refractivity contribution is 8.00. The topological polar surface area (TPSA) is 151 Å². The van der Waals surface area contributed by atoms with E-state index in [1.165, 1.54) is 0 Å². The van der Waals surface area contributed by atoms with E-state index in [9.17, 15) is 4.79 Å². The van der Waals surface area contributed by atoms with Crippen LogP contribution in [0.25, 0.3) is 22.6 Å². The van der Waals surface area contributed by atoms with Crippen molar-refractivity contribution in [1.29, 1.82) is 0 Å². The number of fused-ring (bicyclic) bond motifs is 1. The number of hydrogen-bond donors (Lipinski definition) is 6. The Bertz CT molecular complexity index is 1300. The minimum absolute atomic E-state index is 0.0694. The van der Waals surface area contributed by atoms with Gasteiger partial charge in [0.1, 0.15) is 0 Å². The van der Waals surface area contributed by atoms with Gasteiger partial charge in [-0.1, -0.05) is 49.6 Å². The molecule has 4 aromatic rings. The molecule has 0 aliphatic rings. The molecule has 0 aliphatic heterocycles. The molecule has 1 amide bonds. The molecule has 0 aliphatic carbocycles. The second kappa shape index (κ2) is 17.4. The fourth-order valence-electron chi connectivity index (χ4n) is 3.43. The molecule has 8 N–H and O–H groups in total. The highest BCUT2D eigenvalue weighted by Gasteiger charge is 2.17. The predicted molar refractivity (Wildman–Crippen MR) is 163 cm³/mol. The Morgan fingerprint density at radius 2 is 1.92 bits per heavy atom. The molecule has 11 heteroatoms. The van der Waals surface area contributed by atoms with Gasteiger partial charge >= 0.3 is 0 Å². The number of benzene rings is 1. The van der Waals surface area contributed by atoms with Gasteiger partial charge in [-0.05, 0) is 55.1 Å². The number of aliphatic hydroxyl groups excluding tert-OH is 2. The Balaban J connectivity index is 0.000000516. The van der Waals surface area contributed by atoms with Gasteiger partial charge in [-0.15, -0.1) is 0 Å². The summed E-state index contributed by atoms with van der Waals surface area (Å²) in [4.78, 5) is 17.6. The molecule has 3 heterocycles. The van der Waals surface area contributed by atoms with E-state index in [1.54, 1.807) is 29.9 Å². The molecule has 4 rings (SSSR count). The number of imidazole rings is 1. The quantitative estimate of drug-likeness (QED) is 0.130. The molecule has 1 aromatic carbocycles. The van der Waals surface area contributed by atoms with Crippen molar-refractivity contribution >= 4 is 40.5 Å². The second-order valence-electron chi connectivity index (χ2n) is 8.35. The van der Waals surface area contributed by atoms with Crippen LogP contribution < -0.4 is 21.5 Å². The number of amides is 1. The molecule has 0 fully saturated rings. The predicted octanol–water partition coefficient (Wildman–Crippen LogP) is 4.10. The highest BCUT2D eigenvalue weighted by Crippen LogP contribution is 2.27. The average molecular weight is 571 g/mol. The molecule has 3 aromatic heterocycles. The number of nitrogens with two attached hydrogens (primary N) is 2. The maximum absolute atomic E-state index is 12.9. The Morgan fingerprint density at radius 3 is 2.46 bits per heavy atom. The number of carbonyl (C=O) groups excluding carboxylic acids is 1. The van der Waals surface area contributed by atoms with Crippen molar-refractivity contribution < 1.29 is 15.0 Å². The Labute approximate surface area is 238 Å². The van der Waals surface area contributed by atoms with Crippen molar-refractivity contribution in [2.75, 3.05) is 20.4 Å². The summed E-state index contributed by atoms with van der Waals surface area (Å²) in [7, 11) is 1.68. The molecule has 210 valence electrons. The molecular weight excluding hydrogens is 532 g/mol. The number of nitrogens with one attached hydrogen (secondary N) is 2. The van der Waals surface area contributed by atoms with Gasteiger partial charge in [-0.2, -0.15) is 11.3 Å². The van der Waals surface area contributed by atoms with E-state index in [0.717, 1.165) is 52.9 Å². The molecule has 0 spiro atoms. The van der Waals surface area contributed by atoms with Crippen LogP contribution in [-0.4, -0.2) is 45.9 Å². The summed E-state index contributed by atoms with van der Waals surface area (Å²) in [5.74, 6) is -0.162. The zero-order chi connectivity index (χ0) is 28.6. The molecule has 0 radical (unpaired) electrons. The van der Waals surface area contributed by atoms with Crippen LogP contribution >= 0.6 is 23.3 Å². The fraction of sp³-hybridized carbons (Fsp3) is 0.286. The number of unbranched alkanes of at least 4 members (excludes halogenated alkanes) is 1. The molecule has 0 saturated carbocycles. The van der Waals surface area contributed by atoms with Crippen LogP contribution in [0.1, 0.15) is 46.9 Å². The van der Waals surface area contributed by atoms with Crippen molar-refractivity contribution in [3.8, 4) is 11.3 Å². The minimum Gasteiger partial charge on any atom is -0.398 e. The van der Waals surface area contributed by atoms with E-state index in [0.29, 0.717) is 30.1 Å². The lowest BCUT2D eigenvalue weighted by Crippen LogP contribution is -2.23. The summed E-state index contributed by atoms with van der Waals surface area (Å²) in [6, 6.07) is 13.4. The first-order valence-corrected chi connectivity index (χ1v) is 14.4. The Morgan fingerprint density at radius 1 is 1.21 bits per heavy atom. The number of thiophene rings is 1. The van der Waals surface area contributed by atoms with Crippen LogP contribution in [0.15, 0.2) is 64.8 Å². The van der Waals surface area contributed by atoms with Gasteiger partial charge in [0.05, 0.1) is 18.0 Å². The Hall–Kier alpha value is -3.19. The van der Waals surface area contributed by atoms with Gasteiger partial charge in [0.2, 0.25) is 0 Å². The number of aryl methyl sites for hydroxylation is 1. The average Bonchev–Trinajstić information content (AvgIpc) is 3.61. The number of nitrogens with zero attached hydrogens (tertiary/aromatic N) is 2. The molecule has 0 atom stereocenters. The van der Waals surface area contributed by atoms with Crippen molar-refractivity contribution in [2.45, 2.75) is 33.2 Å². The third-order valence-corrected chi connectivity index (χ3v) is 6.61. The molecule has 0 bridgehead atoms. The van der Waals surface area contributed by atoms with E-state index in [2.05, 4.69) is 22.9 Å². The largest absolute Gasteiger partial charge is 0.398 e. The first-order valence-electron chi connectivity index (χ1n) is 12.5. The molecule has 0 saturated heterocycles. The minimum atomic E-state index is -0.162. The van der Waals surface area contributed by atoms with Crippen molar-refractivity contribution in [1.82, 2.24) is 20.0 Å². The molecule has 39 heavy (non-hydrogen) atoms. The van der Waals surface area contributed by atoms with E-state index < -0.39 is 0 Å². The molecule has 9 nitrogen and oxygen atoms in total. The van der Waals surface area contributed by atoms with E-state index >= 15 is 0 Å². The first-order chi connectivity index (χ1) is 18.9. The van der Waals surface area contributed by atoms with E-state index in [4.69, 9.17) is 26.1 Å². The normalized spacial score (nSPS) is 10.9. The summed E-state index contributed by atoms with van der Waals surface area (Å²) < 4.78 is 1.96. The maximum atomic E-state index is 12.9. The molecular formula is C28H38N6O3S2. The smallest absolute Gasteiger partial charge is 0.255 e. The summed E-state index contributed by atoms with van der Waals surface area (Å²) in [5, 5.41) is 32.5. The van der Waals surface area contributed by atoms with Gasteiger partial charge in [0, 0.05) is 47.1 Å². The first kappa shape index (κ1) is 32.0. The van der Waals surface area contributed by atoms with Gasteiger partial charge in [0.15, 0.2) is 5.65 Å². The number of rotatable bonds is 9. The Kier molecular flexibility index (Phi) is 14.3.